The molecule has 0 unspecified atom stereocenters. The van der Waals surface area contributed by atoms with E-state index in [0.717, 1.165) is 6.42 Å². The number of nitrogen functional groups attached to an aromatic ring is 1. The second-order valence-corrected chi connectivity index (χ2v) is 7.13. The minimum Gasteiger partial charge on any atom is -0.318 e. The van der Waals surface area contributed by atoms with Crippen LogP contribution in [0.15, 0.2) is 23.1 Å². The van der Waals surface area contributed by atoms with Crippen molar-refractivity contribution in [3.63, 3.8) is 0 Å². The molecule has 0 saturated heterocycles. The molecule has 21 heavy (non-hydrogen) atoms. The molecule has 0 radical (unpaired) electrons. The lowest BCUT2D eigenvalue weighted by atomic mass is 9.91. The number of para-hydroxylation sites is 1. The van der Waals surface area contributed by atoms with Crippen LogP contribution in [-0.2, 0) is 10.0 Å². The Labute approximate surface area is 123 Å². The van der Waals surface area contributed by atoms with Crippen LogP contribution < -0.4 is 16.0 Å². The number of sulfonamides is 1. The molecular formula is C12H20N4O4S. The van der Waals surface area contributed by atoms with Gasteiger partial charge in [-0.1, -0.05) is 26.8 Å². The van der Waals surface area contributed by atoms with Gasteiger partial charge in [0.2, 0.25) is 10.0 Å². The number of nitrogens with zero attached hydrogens (tertiary/aromatic N) is 1. The smallest absolute Gasteiger partial charge is 0.313 e. The first-order valence-corrected chi connectivity index (χ1v) is 7.86. The van der Waals surface area contributed by atoms with Crippen molar-refractivity contribution < 1.29 is 13.3 Å². The predicted molar refractivity (Wildman–Crippen MR) is 80.2 cm³/mol. The number of hydrogen-bond acceptors (Lipinski definition) is 6. The van der Waals surface area contributed by atoms with Crippen LogP contribution in [0.1, 0.15) is 27.2 Å². The minimum absolute atomic E-state index is 0.0578. The Morgan fingerprint density at radius 3 is 2.48 bits per heavy atom. The standard InChI is InChI=1S/C12H20N4O4S/c1-4-12(2,3)8-14-21(19,20)10-7-5-6-9(15-13)11(10)16(17)18/h5-7,14-15H,4,8,13H2,1-3H3. The predicted octanol–water partition coefficient (Wildman–Crippen LogP) is 1.59. The Morgan fingerprint density at radius 1 is 1.38 bits per heavy atom. The molecule has 1 rings (SSSR count). The van der Waals surface area contributed by atoms with Gasteiger partial charge in [0.05, 0.1) is 4.92 Å². The molecule has 9 heteroatoms. The van der Waals surface area contributed by atoms with Gasteiger partial charge in [-0.15, -0.1) is 0 Å². The number of benzene rings is 1. The highest BCUT2D eigenvalue weighted by atomic mass is 32.2. The lowest BCUT2D eigenvalue weighted by molar-refractivity contribution is -0.386. The number of anilines is 1. The van der Waals surface area contributed by atoms with E-state index in [0.29, 0.717) is 0 Å². The van der Waals surface area contributed by atoms with Crippen LogP contribution in [0, 0.1) is 15.5 Å². The molecule has 1 aromatic rings. The van der Waals surface area contributed by atoms with E-state index in [-0.39, 0.29) is 17.6 Å². The van der Waals surface area contributed by atoms with E-state index in [1.165, 1.54) is 18.2 Å². The molecule has 0 aromatic heterocycles. The van der Waals surface area contributed by atoms with Crippen molar-refractivity contribution in [1.82, 2.24) is 4.72 Å². The molecule has 0 spiro atoms. The molecule has 0 bridgehead atoms. The summed E-state index contributed by atoms with van der Waals surface area (Å²) in [4.78, 5) is 9.95. The molecule has 1 aromatic carbocycles. The first kappa shape index (κ1) is 17.3. The molecule has 0 amide bonds. The Hall–Kier alpha value is -1.71. The summed E-state index contributed by atoms with van der Waals surface area (Å²) in [5.74, 6) is 5.20. The summed E-state index contributed by atoms with van der Waals surface area (Å²) < 4.78 is 27.0. The van der Waals surface area contributed by atoms with Gasteiger partial charge in [-0.2, -0.15) is 0 Å². The summed E-state index contributed by atoms with van der Waals surface area (Å²) in [5.41, 5.74) is 1.27. The van der Waals surface area contributed by atoms with Crippen molar-refractivity contribution in [2.75, 3.05) is 12.0 Å². The van der Waals surface area contributed by atoms with Gasteiger partial charge >= 0.3 is 5.69 Å². The van der Waals surface area contributed by atoms with Gasteiger partial charge in [0, 0.05) is 6.54 Å². The summed E-state index contributed by atoms with van der Waals surface area (Å²) in [7, 11) is -4.00. The number of hydrazine groups is 1. The van der Waals surface area contributed by atoms with Gasteiger partial charge in [0.25, 0.3) is 0 Å². The van der Waals surface area contributed by atoms with Crippen molar-refractivity contribution in [3.05, 3.63) is 28.3 Å². The SMILES string of the molecule is CCC(C)(C)CNS(=O)(=O)c1cccc(NN)c1[N+](=O)[O-]. The summed E-state index contributed by atoms with van der Waals surface area (Å²) in [6.45, 7) is 5.93. The summed E-state index contributed by atoms with van der Waals surface area (Å²) in [6, 6.07) is 3.91. The van der Waals surface area contributed by atoms with Gasteiger partial charge in [-0.05, 0) is 24.0 Å². The van der Waals surface area contributed by atoms with E-state index >= 15 is 0 Å². The fourth-order valence-electron chi connectivity index (χ4n) is 1.54. The summed E-state index contributed by atoms with van der Waals surface area (Å²) >= 11 is 0. The molecule has 0 heterocycles. The van der Waals surface area contributed by atoms with Gasteiger partial charge in [0.1, 0.15) is 5.69 Å². The van der Waals surface area contributed by atoms with E-state index in [4.69, 9.17) is 5.84 Å². The monoisotopic (exact) mass is 316 g/mol. The van der Waals surface area contributed by atoms with Crippen molar-refractivity contribution in [2.24, 2.45) is 11.3 Å². The third-order valence-corrected chi connectivity index (χ3v) is 4.76. The van der Waals surface area contributed by atoms with Gasteiger partial charge in [-0.25, -0.2) is 13.1 Å². The van der Waals surface area contributed by atoms with Crippen LogP contribution in [0.3, 0.4) is 0 Å². The highest BCUT2D eigenvalue weighted by molar-refractivity contribution is 7.89. The quantitative estimate of drug-likeness (QED) is 0.398. The van der Waals surface area contributed by atoms with Crippen molar-refractivity contribution in [3.8, 4) is 0 Å². The van der Waals surface area contributed by atoms with Crippen LogP contribution in [0.4, 0.5) is 11.4 Å². The van der Waals surface area contributed by atoms with E-state index in [1.54, 1.807) is 0 Å². The van der Waals surface area contributed by atoms with Gasteiger partial charge < -0.3 is 5.43 Å². The summed E-state index contributed by atoms with van der Waals surface area (Å²) in [6.07, 6.45) is 0.766. The maximum Gasteiger partial charge on any atom is 0.313 e. The number of nitrogens with one attached hydrogen (secondary N) is 2. The van der Waals surface area contributed by atoms with Crippen molar-refractivity contribution in [1.29, 1.82) is 0 Å². The fourth-order valence-corrected chi connectivity index (χ4v) is 2.97. The molecule has 0 saturated carbocycles. The maximum atomic E-state index is 12.3. The number of hydrogen-bond donors (Lipinski definition) is 3. The minimum atomic E-state index is -4.00. The van der Waals surface area contributed by atoms with E-state index in [9.17, 15) is 18.5 Å². The molecule has 0 aliphatic heterocycles. The molecular weight excluding hydrogens is 296 g/mol. The second-order valence-electron chi connectivity index (χ2n) is 5.40. The van der Waals surface area contributed by atoms with Crippen molar-refractivity contribution in [2.45, 2.75) is 32.1 Å². The number of rotatable bonds is 7. The molecule has 8 nitrogen and oxygen atoms in total. The van der Waals surface area contributed by atoms with E-state index < -0.39 is 25.5 Å². The lowest BCUT2D eigenvalue weighted by Crippen LogP contribution is -2.34. The second kappa shape index (κ2) is 6.37. The van der Waals surface area contributed by atoms with Gasteiger partial charge in [0.15, 0.2) is 4.90 Å². The van der Waals surface area contributed by atoms with Crippen molar-refractivity contribution >= 4 is 21.4 Å². The van der Waals surface area contributed by atoms with Crippen LogP contribution in [0.25, 0.3) is 0 Å². The number of nitrogens with two attached hydrogens (primary N) is 1. The topological polar surface area (TPSA) is 127 Å². The van der Waals surface area contributed by atoms with Crippen LogP contribution in [0.5, 0.6) is 0 Å². The molecule has 118 valence electrons. The molecule has 4 N–H and O–H groups in total. The average molecular weight is 316 g/mol. The Kier molecular flexibility index (Phi) is 5.26. The lowest BCUT2D eigenvalue weighted by Gasteiger charge is -2.22. The van der Waals surface area contributed by atoms with Gasteiger partial charge in [-0.3, -0.25) is 16.0 Å². The van der Waals surface area contributed by atoms with E-state index in [2.05, 4.69) is 10.1 Å². The largest absolute Gasteiger partial charge is 0.318 e. The Morgan fingerprint density at radius 2 is 2.00 bits per heavy atom. The first-order valence-electron chi connectivity index (χ1n) is 6.38. The maximum absolute atomic E-state index is 12.3. The fraction of sp³-hybridized carbons (Fsp3) is 0.500. The van der Waals surface area contributed by atoms with E-state index in [1.807, 2.05) is 20.8 Å². The zero-order valence-electron chi connectivity index (χ0n) is 12.2. The third-order valence-electron chi connectivity index (χ3n) is 3.32. The number of nitro benzene ring substituents is 1. The average Bonchev–Trinajstić information content (AvgIpc) is 2.44. The molecule has 0 aliphatic rings. The first-order chi connectivity index (χ1) is 9.64. The molecule has 0 atom stereocenters. The highest BCUT2D eigenvalue weighted by Crippen LogP contribution is 2.31. The Bertz CT molecular complexity index is 628. The Balaban J connectivity index is 3.23. The highest BCUT2D eigenvalue weighted by Gasteiger charge is 2.30. The summed E-state index contributed by atoms with van der Waals surface area (Å²) in [5, 5.41) is 11.1. The molecule has 0 aliphatic carbocycles. The third kappa shape index (κ3) is 4.13. The van der Waals surface area contributed by atoms with Crippen LogP contribution in [0.2, 0.25) is 0 Å². The van der Waals surface area contributed by atoms with Crippen LogP contribution >= 0.6 is 0 Å². The molecule has 0 fully saturated rings. The zero-order chi connectivity index (χ0) is 16.3. The number of nitro groups is 1. The normalized spacial score (nSPS) is 12.2. The zero-order valence-corrected chi connectivity index (χ0v) is 13.0. The van der Waals surface area contributed by atoms with Crippen LogP contribution in [-0.4, -0.2) is 19.9 Å².